The lowest BCUT2D eigenvalue weighted by Crippen LogP contribution is -2.36. The number of halogens is 1. The van der Waals surface area contributed by atoms with Crippen LogP contribution in [0.15, 0.2) is 18.2 Å². The minimum absolute atomic E-state index is 0.0357. The molecule has 0 spiro atoms. The first-order chi connectivity index (χ1) is 8.38. The van der Waals surface area contributed by atoms with E-state index in [4.69, 9.17) is 11.5 Å². The second kappa shape index (κ2) is 5.97. The molecule has 98 valence electrons. The van der Waals surface area contributed by atoms with E-state index >= 15 is 0 Å². The van der Waals surface area contributed by atoms with Crippen LogP contribution in [-0.4, -0.2) is 36.9 Å². The van der Waals surface area contributed by atoms with Crippen molar-refractivity contribution in [1.29, 1.82) is 0 Å². The summed E-state index contributed by atoms with van der Waals surface area (Å²) in [7, 11) is 1.57. The molecule has 0 heterocycles. The van der Waals surface area contributed by atoms with Crippen molar-refractivity contribution in [3.63, 3.8) is 0 Å². The molecular formula is C11H15FN4O2. The Morgan fingerprint density at radius 1 is 1.39 bits per heavy atom. The lowest BCUT2D eigenvalue weighted by atomic mass is 10.2. The second-order valence-corrected chi connectivity index (χ2v) is 3.92. The topological polar surface area (TPSA) is 101 Å². The summed E-state index contributed by atoms with van der Waals surface area (Å²) in [5.74, 6) is -1.43. The van der Waals surface area contributed by atoms with Crippen LogP contribution in [0, 0.1) is 5.82 Å². The first-order valence-electron chi connectivity index (χ1n) is 5.20. The molecule has 0 aliphatic carbocycles. The zero-order valence-corrected chi connectivity index (χ0v) is 9.94. The van der Waals surface area contributed by atoms with Crippen LogP contribution in [0.5, 0.6) is 0 Å². The molecule has 6 nitrogen and oxygen atoms in total. The minimum Gasteiger partial charge on any atom is -0.397 e. The highest BCUT2D eigenvalue weighted by Gasteiger charge is 2.10. The van der Waals surface area contributed by atoms with Crippen molar-refractivity contribution in [2.75, 3.05) is 31.2 Å². The fraction of sp³-hybridized carbons (Fsp3) is 0.273. The Bertz CT molecular complexity index is 464. The van der Waals surface area contributed by atoms with Gasteiger partial charge in [0.2, 0.25) is 11.8 Å². The van der Waals surface area contributed by atoms with Gasteiger partial charge < -0.3 is 16.8 Å². The molecule has 1 rings (SSSR count). The van der Waals surface area contributed by atoms with E-state index in [9.17, 15) is 14.0 Å². The van der Waals surface area contributed by atoms with Crippen LogP contribution in [0.25, 0.3) is 0 Å². The van der Waals surface area contributed by atoms with E-state index in [1.54, 1.807) is 7.05 Å². The Kier molecular flexibility index (Phi) is 4.61. The number of benzene rings is 1. The number of carbonyl (C=O) groups is 2. The summed E-state index contributed by atoms with van der Waals surface area (Å²) in [5, 5.41) is 2.46. The lowest BCUT2D eigenvalue weighted by Gasteiger charge is -2.14. The van der Waals surface area contributed by atoms with E-state index in [0.29, 0.717) is 0 Å². The number of amides is 2. The molecule has 0 unspecified atom stereocenters. The molecule has 0 saturated heterocycles. The van der Waals surface area contributed by atoms with Gasteiger partial charge in [-0.3, -0.25) is 14.5 Å². The molecule has 0 aliphatic rings. The van der Waals surface area contributed by atoms with Gasteiger partial charge in [-0.05, 0) is 25.2 Å². The van der Waals surface area contributed by atoms with Gasteiger partial charge in [0.15, 0.2) is 0 Å². The van der Waals surface area contributed by atoms with Gasteiger partial charge in [0.1, 0.15) is 5.82 Å². The van der Waals surface area contributed by atoms with Gasteiger partial charge in [-0.15, -0.1) is 0 Å². The van der Waals surface area contributed by atoms with Crippen molar-refractivity contribution in [3.05, 3.63) is 24.0 Å². The summed E-state index contributed by atoms with van der Waals surface area (Å²) < 4.78 is 13.0. The number of carbonyl (C=O) groups excluding carboxylic acids is 2. The van der Waals surface area contributed by atoms with Gasteiger partial charge >= 0.3 is 0 Å². The van der Waals surface area contributed by atoms with E-state index in [-0.39, 0.29) is 24.5 Å². The summed E-state index contributed by atoms with van der Waals surface area (Å²) in [6, 6.07) is 3.68. The highest BCUT2D eigenvalue weighted by atomic mass is 19.1. The van der Waals surface area contributed by atoms with Crippen molar-refractivity contribution in [1.82, 2.24) is 4.90 Å². The van der Waals surface area contributed by atoms with E-state index in [0.717, 1.165) is 6.07 Å². The molecule has 5 N–H and O–H groups in total. The number of hydrogen-bond donors (Lipinski definition) is 3. The van der Waals surface area contributed by atoms with E-state index in [1.165, 1.54) is 17.0 Å². The molecule has 0 radical (unpaired) electrons. The lowest BCUT2D eigenvalue weighted by molar-refractivity contribution is -0.120. The molecule has 1 aromatic rings. The summed E-state index contributed by atoms with van der Waals surface area (Å²) in [6.45, 7) is -0.0784. The molecule has 2 amide bonds. The zero-order valence-electron chi connectivity index (χ0n) is 9.94. The maximum atomic E-state index is 13.0. The van der Waals surface area contributed by atoms with E-state index < -0.39 is 17.6 Å². The predicted molar refractivity (Wildman–Crippen MR) is 66.1 cm³/mol. The molecular weight excluding hydrogens is 239 g/mol. The SMILES string of the molecule is CN(CC(N)=O)CC(=O)Nc1cc(F)ccc1N. The predicted octanol–water partition coefficient (Wildman–Crippen LogP) is -0.236. The summed E-state index contributed by atoms with van der Waals surface area (Å²) in [6.07, 6.45) is 0. The summed E-state index contributed by atoms with van der Waals surface area (Å²) in [5.41, 5.74) is 11.0. The molecule has 1 aromatic carbocycles. The third kappa shape index (κ3) is 4.38. The van der Waals surface area contributed by atoms with Gasteiger partial charge in [-0.25, -0.2) is 4.39 Å². The third-order valence-corrected chi connectivity index (χ3v) is 2.13. The number of hydrogen-bond acceptors (Lipinski definition) is 4. The highest BCUT2D eigenvalue weighted by molar-refractivity contribution is 5.95. The molecule has 0 aromatic heterocycles. The van der Waals surface area contributed by atoms with Crippen LogP contribution in [-0.2, 0) is 9.59 Å². The van der Waals surface area contributed by atoms with Crippen molar-refractivity contribution in [2.45, 2.75) is 0 Å². The largest absolute Gasteiger partial charge is 0.397 e. The first kappa shape index (κ1) is 13.9. The fourth-order valence-corrected chi connectivity index (χ4v) is 1.39. The molecule has 0 saturated carbocycles. The zero-order chi connectivity index (χ0) is 13.7. The standard InChI is InChI=1S/C11H15FN4O2/c1-16(5-10(14)17)6-11(18)15-9-4-7(12)2-3-8(9)13/h2-4H,5-6,13H2,1H3,(H2,14,17)(H,15,18). The maximum Gasteiger partial charge on any atom is 0.238 e. The van der Waals surface area contributed by atoms with E-state index in [1.807, 2.05) is 0 Å². The monoisotopic (exact) mass is 254 g/mol. The Morgan fingerprint density at radius 2 is 2.06 bits per heavy atom. The van der Waals surface area contributed by atoms with Crippen LogP contribution in [0.4, 0.5) is 15.8 Å². The normalized spacial score (nSPS) is 10.4. The molecule has 0 atom stereocenters. The second-order valence-electron chi connectivity index (χ2n) is 3.92. The Balaban J connectivity index is 2.59. The maximum absolute atomic E-state index is 13.0. The van der Waals surface area contributed by atoms with Crippen molar-refractivity contribution < 1.29 is 14.0 Å². The molecule has 0 fully saturated rings. The average molecular weight is 254 g/mol. The number of anilines is 2. The van der Waals surface area contributed by atoms with Crippen molar-refractivity contribution >= 4 is 23.2 Å². The number of nitrogens with zero attached hydrogens (tertiary/aromatic N) is 1. The molecule has 0 bridgehead atoms. The van der Waals surface area contributed by atoms with Crippen molar-refractivity contribution in [2.24, 2.45) is 5.73 Å². The molecule has 0 aliphatic heterocycles. The number of primary amides is 1. The minimum atomic E-state index is -0.532. The van der Waals surface area contributed by atoms with Gasteiger partial charge in [0.05, 0.1) is 24.5 Å². The van der Waals surface area contributed by atoms with Crippen LogP contribution in [0.1, 0.15) is 0 Å². The van der Waals surface area contributed by atoms with Crippen LogP contribution >= 0.6 is 0 Å². The van der Waals surface area contributed by atoms with Crippen LogP contribution < -0.4 is 16.8 Å². The van der Waals surface area contributed by atoms with Gasteiger partial charge in [-0.2, -0.15) is 0 Å². The quantitative estimate of drug-likeness (QED) is 0.631. The molecule has 18 heavy (non-hydrogen) atoms. The van der Waals surface area contributed by atoms with Crippen molar-refractivity contribution in [3.8, 4) is 0 Å². The van der Waals surface area contributed by atoms with Gasteiger partial charge in [0, 0.05) is 0 Å². The fourth-order valence-electron chi connectivity index (χ4n) is 1.39. The number of nitrogens with two attached hydrogens (primary N) is 2. The number of likely N-dealkylation sites (N-methyl/N-ethyl adjacent to an activating group) is 1. The first-order valence-corrected chi connectivity index (χ1v) is 5.20. The van der Waals surface area contributed by atoms with Crippen LogP contribution in [0.2, 0.25) is 0 Å². The average Bonchev–Trinajstić information content (AvgIpc) is 2.21. The smallest absolute Gasteiger partial charge is 0.238 e. The number of nitrogens with one attached hydrogen (secondary N) is 1. The Hall–Kier alpha value is -2.15. The highest BCUT2D eigenvalue weighted by Crippen LogP contribution is 2.18. The number of rotatable bonds is 5. The van der Waals surface area contributed by atoms with Gasteiger partial charge in [0.25, 0.3) is 0 Å². The number of nitrogen functional groups attached to an aromatic ring is 1. The van der Waals surface area contributed by atoms with Crippen LogP contribution in [0.3, 0.4) is 0 Å². The Labute approximate surface area is 104 Å². The Morgan fingerprint density at radius 3 is 2.67 bits per heavy atom. The van der Waals surface area contributed by atoms with Gasteiger partial charge in [-0.1, -0.05) is 0 Å². The third-order valence-electron chi connectivity index (χ3n) is 2.13. The summed E-state index contributed by atoms with van der Waals surface area (Å²) in [4.78, 5) is 23.7. The summed E-state index contributed by atoms with van der Waals surface area (Å²) >= 11 is 0. The van der Waals surface area contributed by atoms with E-state index in [2.05, 4.69) is 5.32 Å². The molecule has 7 heteroatoms.